The molecule has 0 aromatic heterocycles. The van der Waals surface area contributed by atoms with Crippen LogP contribution in [0.4, 0.5) is 13.2 Å². The topological polar surface area (TPSA) is 95.7 Å². The van der Waals surface area contributed by atoms with Crippen molar-refractivity contribution in [2.75, 3.05) is 6.61 Å². The minimum absolute atomic E-state index is 0.0217. The molecule has 1 aromatic rings. The molecule has 0 aliphatic heterocycles. The molecular weight excluding hydrogens is 347 g/mol. The Kier molecular flexibility index (Phi) is 6.66. The summed E-state index contributed by atoms with van der Waals surface area (Å²) < 4.78 is 42.8. The van der Waals surface area contributed by atoms with Crippen molar-refractivity contribution in [1.29, 1.82) is 0 Å². The number of alkyl halides is 3. The molecule has 0 saturated heterocycles. The second kappa shape index (κ2) is 8.27. The first-order chi connectivity index (χ1) is 11.5. The molecule has 1 aromatic carbocycles. The van der Waals surface area contributed by atoms with Gasteiger partial charge in [-0.1, -0.05) is 12.1 Å². The van der Waals surface area contributed by atoms with Crippen LogP contribution < -0.4 is 0 Å². The molecule has 0 fully saturated rings. The lowest BCUT2D eigenvalue weighted by molar-refractivity contribution is -0.767. The summed E-state index contributed by atoms with van der Waals surface area (Å²) in [5.41, 5.74) is -1.45. The van der Waals surface area contributed by atoms with Crippen LogP contribution in [0.2, 0.25) is 0 Å². The molecule has 1 unspecified atom stereocenters. The van der Waals surface area contributed by atoms with Gasteiger partial charge in [-0.15, -0.1) is 10.1 Å². The third kappa shape index (κ3) is 6.61. The lowest BCUT2D eigenvalue weighted by atomic mass is 10.1. The van der Waals surface area contributed by atoms with Crippen molar-refractivity contribution in [2.24, 2.45) is 0 Å². The van der Waals surface area contributed by atoms with E-state index in [0.29, 0.717) is 0 Å². The fraction of sp³-hybridized carbons (Fsp3) is 0.333. The van der Waals surface area contributed by atoms with Crippen LogP contribution in [0.3, 0.4) is 0 Å². The number of Topliss-reactive ketones (excluding diaryl/α,β-unsaturated/α-hetero) is 1. The van der Waals surface area contributed by atoms with Gasteiger partial charge in [-0.25, -0.2) is 4.79 Å². The van der Waals surface area contributed by atoms with E-state index in [1.54, 1.807) is 0 Å². The molecule has 0 spiro atoms. The summed E-state index contributed by atoms with van der Waals surface area (Å²) >= 11 is 0. The number of benzene rings is 1. The Bertz CT molecular complexity index is 699. The maximum absolute atomic E-state index is 12.7. The molecule has 0 heterocycles. The first kappa shape index (κ1) is 20.1. The summed E-state index contributed by atoms with van der Waals surface area (Å²) in [5.74, 6) is -1.85. The molecule has 0 amide bonds. The highest BCUT2D eigenvalue weighted by atomic mass is 19.4. The van der Waals surface area contributed by atoms with Crippen molar-refractivity contribution in [3.8, 4) is 0 Å². The van der Waals surface area contributed by atoms with Crippen LogP contribution in [0, 0.1) is 10.1 Å². The molecule has 0 saturated carbocycles. The standard InChI is InChI=1S/C15H14F3NO6/c1-9(25-19(22)23)8-24-14(21)13(10(2)20)7-11-4-3-5-12(6-11)15(16,17)18/h3-7,9H,8H2,1-2H3/b13-7+. The molecule has 25 heavy (non-hydrogen) atoms. The Morgan fingerprint density at radius 2 is 2.00 bits per heavy atom. The van der Waals surface area contributed by atoms with Gasteiger partial charge in [-0.05, 0) is 37.6 Å². The van der Waals surface area contributed by atoms with E-state index in [1.165, 1.54) is 13.0 Å². The third-order valence-electron chi connectivity index (χ3n) is 2.84. The maximum Gasteiger partial charge on any atom is 0.416 e. The molecule has 0 N–H and O–H groups in total. The third-order valence-corrected chi connectivity index (χ3v) is 2.84. The zero-order valence-electron chi connectivity index (χ0n) is 13.2. The second-order valence-corrected chi connectivity index (χ2v) is 4.98. The van der Waals surface area contributed by atoms with Crippen LogP contribution in [0.1, 0.15) is 25.0 Å². The van der Waals surface area contributed by atoms with Crippen LogP contribution in [-0.4, -0.2) is 29.6 Å². The Morgan fingerprint density at radius 1 is 1.36 bits per heavy atom. The molecule has 10 heteroatoms. The van der Waals surface area contributed by atoms with Gasteiger partial charge in [0.2, 0.25) is 0 Å². The van der Waals surface area contributed by atoms with Crippen LogP contribution in [0.5, 0.6) is 0 Å². The number of ketones is 1. The number of hydrogen-bond acceptors (Lipinski definition) is 6. The summed E-state index contributed by atoms with van der Waals surface area (Å²) in [6.45, 7) is 1.80. The monoisotopic (exact) mass is 361 g/mol. The molecule has 136 valence electrons. The zero-order chi connectivity index (χ0) is 19.2. The number of nitrogens with zero attached hydrogens (tertiary/aromatic N) is 1. The highest BCUT2D eigenvalue weighted by molar-refractivity contribution is 6.19. The van der Waals surface area contributed by atoms with Gasteiger partial charge >= 0.3 is 12.1 Å². The fourth-order valence-corrected chi connectivity index (χ4v) is 1.72. The van der Waals surface area contributed by atoms with Gasteiger partial charge in [0, 0.05) is 0 Å². The van der Waals surface area contributed by atoms with Crippen LogP contribution in [-0.2, 0) is 25.3 Å². The predicted octanol–water partition coefficient (Wildman–Crippen LogP) is 2.82. The highest BCUT2D eigenvalue weighted by Crippen LogP contribution is 2.30. The van der Waals surface area contributed by atoms with E-state index in [0.717, 1.165) is 31.2 Å². The average molecular weight is 361 g/mol. The average Bonchev–Trinajstić information content (AvgIpc) is 2.48. The molecule has 0 radical (unpaired) electrons. The van der Waals surface area contributed by atoms with Crippen molar-refractivity contribution >= 4 is 17.8 Å². The minimum Gasteiger partial charge on any atom is -0.460 e. The molecule has 7 nitrogen and oxygen atoms in total. The number of esters is 1. The van der Waals surface area contributed by atoms with E-state index < -0.39 is 46.9 Å². The summed E-state index contributed by atoms with van der Waals surface area (Å²) in [7, 11) is 0. The highest BCUT2D eigenvalue weighted by Gasteiger charge is 2.30. The Morgan fingerprint density at radius 3 is 2.52 bits per heavy atom. The lowest BCUT2D eigenvalue weighted by Crippen LogP contribution is -2.23. The Hall–Kier alpha value is -2.91. The SMILES string of the molecule is CC(=O)/C(=C\c1cccc(C(F)(F)F)c1)C(=O)OCC(C)O[N+](=O)[O-]. The van der Waals surface area contributed by atoms with E-state index in [2.05, 4.69) is 4.84 Å². The van der Waals surface area contributed by atoms with Gasteiger partial charge in [-0.2, -0.15) is 13.2 Å². The van der Waals surface area contributed by atoms with Crippen molar-refractivity contribution in [2.45, 2.75) is 26.1 Å². The van der Waals surface area contributed by atoms with Crippen LogP contribution in [0.15, 0.2) is 29.8 Å². The van der Waals surface area contributed by atoms with E-state index in [1.807, 2.05) is 0 Å². The minimum atomic E-state index is -4.57. The zero-order valence-corrected chi connectivity index (χ0v) is 13.2. The predicted molar refractivity (Wildman–Crippen MR) is 78.6 cm³/mol. The Balaban J connectivity index is 2.96. The lowest BCUT2D eigenvalue weighted by Gasteiger charge is -2.11. The van der Waals surface area contributed by atoms with E-state index >= 15 is 0 Å². The van der Waals surface area contributed by atoms with Crippen LogP contribution in [0.25, 0.3) is 6.08 Å². The number of hydrogen-bond donors (Lipinski definition) is 0. The van der Waals surface area contributed by atoms with Gasteiger partial charge in [0.05, 0.1) is 5.56 Å². The van der Waals surface area contributed by atoms with Crippen molar-refractivity contribution in [3.05, 3.63) is 51.1 Å². The van der Waals surface area contributed by atoms with Crippen molar-refractivity contribution in [1.82, 2.24) is 0 Å². The molecule has 0 bridgehead atoms. The van der Waals surface area contributed by atoms with Crippen LogP contribution >= 0.6 is 0 Å². The molecule has 1 rings (SSSR count). The molecule has 0 aliphatic carbocycles. The first-order valence-electron chi connectivity index (χ1n) is 6.89. The normalized spacial score (nSPS) is 13.1. The van der Waals surface area contributed by atoms with Gasteiger partial charge < -0.3 is 9.57 Å². The van der Waals surface area contributed by atoms with Gasteiger partial charge in [-0.3, -0.25) is 4.79 Å². The summed E-state index contributed by atoms with van der Waals surface area (Å²) in [5, 5.41) is 9.07. The molecular formula is C15H14F3NO6. The number of rotatable bonds is 7. The van der Waals surface area contributed by atoms with Gasteiger partial charge in [0.1, 0.15) is 18.3 Å². The van der Waals surface area contributed by atoms with Gasteiger partial charge in [0.15, 0.2) is 5.78 Å². The maximum atomic E-state index is 12.7. The molecule has 0 aliphatic rings. The number of ether oxygens (including phenoxy) is 1. The molecule has 1 atom stereocenters. The van der Waals surface area contributed by atoms with Crippen molar-refractivity contribution < 1.29 is 37.4 Å². The smallest absolute Gasteiger partial charge is 0.416 e. The summed E-state index contributed by atoms with van der Waals surface area (Å²) in [6.07, 6.45) is -4.68. The second-order valence-electron chi connectivity index (χ2n) is 4.98. The van der Waals surface area contributed by atoms with Crippen molar-refractivity contribution in [3.63, 3.8) is 0 Å². The quantitative estimate of drug-likeness (QED) is 0.185. The summed E-state index contributed by atoms with van der Waals surface area (Å²) in [6, 6.07) is 4.03. The fourth-order valence-electron chi connectivity index (χ4n) is 1.72. The largest absolute Gasteiger partial charge is 0.460 e. The Labute approximate surface area is 140 Å². The van der Waals surface area contributed by atoms with Gasteiger partial charge in [0.25, 0.3) is 5.09 Å². The van der Waals surface area contributed by atoms with E-state index in [4.69, 9.17) is 4.74 Å². The first-order valence-corrected chi connectivity index (χ1v) is 6.89. The number of halogens is 3. The number of carbonyl (C=O) groups excluding carboxylic acids is 2. The summed E-state index contributed by atoms with van der Waals surface area (Å²) in [4.78, 5) is 37.7. The van der Waals surface area contributed by atoms with E-state index in [-0.39, 0.29) is 5.56 Å². The van der Waals surface area contributed by atoms with E-state index in [9.17, 15) is 32.9 Å². The number of carbonyl (C=O) groups is 2.